The van der Waals surface area contributed by atoms with Crippen molar-refractivity contribution < 1.29 is 14.0 Å². The molecule has 1 aromatic heterocycles. The van der Waals surface area contributed by atoms with E-state index >= 15 is 0 Å². The van der Waals surface area contributed by atoms with Gasteiger partial charge in [0.15, 0.2) is 0 Å². The van der Waals surface area contributed by atoms with Crippen molar-refractivity contribution in [2.45, 2.75) is 26.4 Å². The van der Waals surface area contributed by atoms with Crippen LogP contribution in [0.2, 0.25) is 0 Å². The van der Waals surface area contributed by atoms with Gasteiger partial charge in [0.1, 0.15) is 5.82 Å². The first-order valence-electron chi connectivity index (χ1n) is 9.03. The molecule has 0 saturated carbocycles. The summed E-state index contributed by atoms with van der Waals surface area (Å²) >= 11 is 0.940. The van der Waals surface area contributed by atoms with Gasteiger partial charge in [-0.05, 0) is 55.4 Å². The van der Waals surface area contributed by atoms with E-state index in [0.717, 1.165) is 28.2 Å². The maximum atomic E-state index is 13.1. The normalized spacial score (nSPS) is 16.1. The molecule has 28 heavy (non-hydrogen) atoms. The quantitative estimate of drug-likeness (QED) is 0.541. The molecule has 0 bridgehead atoms. The molecule has 1 saturated heterocycles. The van der Waals surface area contributed by atoms with Crippen LogP contribution in [0, 0.1) is 5.82 Å². The van der Waals surface area contributed by atoms with Gasteiger partial charge in [0.05, 0.1) is 11.4 Å². The third-order valence-corrected chi connectivity index (χ3v) is 5.65. The summed E-state index contributed by atoms with van der Waals surface area (Å²) in [7, 11) is 0. The lowest BCUT2D eigenvalue weighted by Crippen LogP contribution is -2.27. The van der Waals surface area contributed by atoms with Crippen molar-refractivity contribution in [1.82, 2.24) is 9.47 Å². The molecule has 0 radical (unpaired) electrons. The second-order valence-electron chi connectivity index (χ2n) is 7.00. The van der Waals surface area contributed by atoms with Gasteiger partial charge < -0.3 is 4.57 Å². The molecular formula is C22H19FN2O2S. The molecule has 142 valence electrons. The highest BCUT2D eigenvalue weighted by Crippen LogP contribution is 2.35. The highest BCUT2D eigenvalue weighted by atomic mass is 32.2. The van der Waals surface area contributed by atoms with Crippen LogP contribution in [0.25, 0.3) is 17.0 Å². The maximum Gasteiger partial charge on any atom is 0.293 e. The molecule has 3 aromatic rings. The minimum absolute atomic E-state index is 0.135. The molecular weight excluding hydrogens is 375 g/mol. The van der Waals surface area contributed by atoms with Crippen LogP contribution in [-0.4, -0.2) is 20.6 Å². The number of carbonyl (C=O) groups is 2. The van der Waals surface area contributed by atoms with Crippen molar-refractivity contribution in [2.24, 2.45) is 0 Å². The second-order valence-corrected chi connectivity index (χ2v) is 7.99. The number of aromatic nitrogens is 1. The van der Waals surface area contributed by atoms with Gasteiger partial charge in [0.25, 0.3) is 11.1 Å². The van der Waals surface area contributed by atoms with Crippen molar-refractivity contribution in [3.05, 3.63) is 76.6 Å². The number of nitrogens with zero attached hydrogens (tertiary/aromatic N) is 2. The van der Waals surface area contributed by atoms with E-state index in [1.165, 1.54) is 17.0 Å². The first kappa shape index (κ1) is 18.5. The van der Waals surface area contributed by atoms with Crippen molar-refractivity contribution in [3.63, 3.8) is 0 Å². The molecule has 1 aliphatic heterocycles. The predicted molar refractivity (Wildman–Crippen MR) is 110 cm³/mol. The Kier molecular flexibility index (Phi) is 4.81. The number of benzene rings is 2. The summed E-state index contributed by atoms with van der Waals surface area (Å²) in [4.78, 5) is 26.8. The molecule has 2 heterocycles. The lowest BCUT2D eigenvalue weighted by atomic mass is 10.1. The number of rotatable bonds is 4. The standard InChI is InChI=1S/C22H19FN2O2S/c1-14(2)24-13-16(18-5-3-4-6-19(18)24)11-20-21(26)25(22(27)28-20)12-15-7-9-17(23)10-8-15/h3-11,13-14H,12H2,1-2H3. The Hall–Kier alpha value is -2.86. The van der Waals surface area contributed by atoms with Crippen molar-refractivity contribution >= 4 is 39.9 Å². The van der Waals surface area contributed by atoms with E-state index in [-0.39, 0.29) is 29.6 Å². The summed E-state index contributed by atoms with van der Waals surface area (Å²) in [5, 5.41) is 0.731. The highest BCUT2D eigenvalue weighted by Gasteiger charge is 2.35. The number of fused-ring (bicyclic) bond motifs is 1. The lowest BCUT2D eigenvalue weighted by molar-refractivity contribution is -0.123. The molecule has 6 heteroatoms. The van der Waals surface area contributed by atoms with E-state index in [9.17, 15) is 14.0 Å². The van der Waals surface area contributed by atoms with Gasteiger partial charge in [-0.2, -0.15) is 0 Å². The number of thioether (sulfide) groups is 1. The SMILES string of the molecule is CC(C)n1cc(C=C2SC(=O)N(Cc3ccc(F)cc3)C2=O)c2ccccc21. The number of amides is 2. The Bertz CT molecular complexity index is 1100. The van der Waals surface area contributed by atoms with E-state index in [2.05, 4.69) is 18.4 Å². The van der Waals surface area contributed by atoms with Crippen LogP contribution >= 0.6 is 11.8 Å². The fourth-order valence-corrected chi connectivity index (χ4v) is 4.15. The fourth-order valence-electron chi connectivity index (χ4n) is 3.32. The van der Waals surface area contributed by atoms with Crippen LogP contribution in [0.1, 0.15) is 31.0 Å². The summed E-state index contributed by atoms with van der Waals surface area (Å²) in [5.41, 5.74) is 2.72. The van der Waals surface area contributed by atoms with Gasteiger partial charge in [0, 0.05) is 28.7 Å². The van der Waals surface area contributed by atoms with Crippen LogP contribution in [0.4, 0.5) is 9.18 Å². The smallest absolute Gasteiger partial charge is 0.293 e. The first-order valence-corrected chi connectivity index (χ1v) is 9.85. The molecule has 1 fully saturated rings. The number of halogens is 1. The zero-order valence-electron chi connectivity index (χ0n) is 15.6. The van der Waals surface area contributed by atoms with Crippen LogP contribution in [0.15, 0.2) is 59.6 Å². The average Bonchev–Trinajstić information content (AvgIpc) is 3.17. The monoisotopic (exact) mass is 394 g/mol. The fraction of sp³-hybridized carbons (Fsp3) is 0.182. The Morgan fingerprint density at radius 1 is 1.07 bits per heavy atom. The van der Waals surface area contributed by atoms with Crippen molar-refractivity contribution in [2.75, 3.05) is 0 Å². The molecule has 4 rings (SSSR count). The minimum Gasteiger partial charge on any atom is -0.344 e. The van der Waals surface area contributed by atoms with Crippen LogP contribution in [-0.2, 0) is 11.3 Å². The molecule has 0 atom stereocenters. The van der Waals surface area contributed by atoms with Gasteiger partial charge in [-0.25, -0.2) is 4.39 Å². The second kappa shape index (κ2) is 7.28. The number of hydrogen-bond donors (Lipinski definition) is 0. The van der Waals surface area contributed by atoms with E-state index in [0.29, 0.717) is 10.5 Å². The summed E-state index contributed by atoms with van der Waals surface area (Å²) in [5.74, 6) is -0.667. The minimum atomic E-state index is -0.348. The predicted octanol–water partition coefficient (Wildman–Crippen LogP) is 5.60. The molecule has 2 amide bonds. The summed E-state index contributed by atoms with van der Waals surface area (Å²) in [6.07, 6.45) is 3.81. The molecule has 4 nitrogen and oxygen atoms in total. The topological polar surface area (TPSA) is 42.3 Å². The summed E-state index contributed by atoms with van der Waals surface area (Å²) in [6, 6.07) is 14.1. The largest absolute Gasteiger partial charge is 0.344 e. The summed E-state index contributed by atoms with van der Waals surface area (Å²) in [6.45, 7) is 4.34. The third kappa shape index (κ3) is 3.36. The van der Waals surface area contributed by atoms with Crippen LogP contribution in [0.5, 0.6) is 0 Å². The molecule has 0 N–H and O–H groups in total. The van der Waals surface area contributed by atoms with Crippen LogP contribution in [0.3, 0.4) is 0 Å². The Morgan fingerprint density at radius 3 is 2.50 bits per heavy atom. The van der Waals surface area contributed by atoms with Crippen LogP contribution < -0.4 is 0 Å². The van der Waals surface area contributed by atoms with Gasteiger partial charge in [-0.15, -0.1) is 0 Å². The molecule has 0 unspecified atom stereocenters. The third-order valence-electron chi connectivity index (χ3n) is 4.74. The Morgan fingerprint density at radius 2 is 1.79 bits per heavy atom. The molecule has 0 aliphatic carbocycles. The first-order chi connectivity index (χ1) is 13.4. The molecule has 0 spiro atoms. The lowest BCUT2D eigenvalue weighted by Gasteiger charge is -2.12. The maximum absolute atomic E-state index is 13.1. The average molecular weight is 394 g/mol. The number of carbonyl (C=O) groups excluding carboxylic acids is 2. The summed E-state index contributed by atoms with van der Waals surface area (Å²) < 4.78 is 15.2. The Labute approximate surface area is 166 Å². The van der Waals surface area contributed by atoms with E-state index in [4.69, 9.17) is 0 Å². The van der Waals surface area contributed by atoms with E-state index < -0.39 is 0 Å². The number of para-hydroxylation sites is 1. The van der Waals surface area contributed by atoms with E-state index in [1.807, 2.05) is 30.5 Å². The van der Waals surface area contributed by atoms with Crippen molar-refractivity contribution in [3.8, 4) is 0 Å². The molecule has 1 aliphatic rings. The zero-order chi connectivity index (χ0) is 19.8. The molecule has 2 aromatic carbocycles. The van der Waals surface area contributed by atoms with Gasteiger partial charge in [-0.1, -0.05) is 30.3 Å². The van der Waals surface area contributed by atoms with E-state index in [1.54, 1.807) is 18.2 Å². The highest BCUT2D eigenvalue weighted by molar-refractivity contribution is 8.18. The number of imide groups is 1. The van der Waals surface area contributed by atoms with Crippen molar-refractivity contribution in [1.29, 1.82) is 0 Å². The van der Waals surface area contributed by atoms with Gasteiger partial charge in [-0.3, -0.25) is 14.5 Å². The van der Waals surface area contributed by atoms with Gasteiger partial charge >= 0.3 is 0 Å². The number of hydrogen-bond acceptors (Lipinski definition) is 3. The van der Waals surface area contributed by atoms with Gasteiger partial charge in [0.2, 0.25) is 0 Å². The zero-order valence-corrected chi connectivity index (χ0v) is 16.4. The Balaban J connectivity index is 1.66.